The topological polar surface area (TPSA) is 70.6 Å². The zero-order chi connectivity index (χ0) is 13.5. The van der Waals surface area contributed by atoms with Crippen LogP contribution in [-0.4, -0.2) is 31.4 Å². The summed E-state index contributed by atoms with van der Waals surface area (Å²) in [4.78, 5) is 11.3. The van der Waals surface area contributed by atoms with E-state index < -0.39 is 23.4 Å². The highest BCUT2D eigenvalue weighted by Gasteiger charge is 2.12. The second kappa shape index (κ2) is 6.75. The molecule has 3 N–H and O–H groups in total. The molecule has 0 heterocycles. The minimum absolute atomic E-state index is 0.0210. The van der Waals surface area contributed by atoms with Crippen LogP contribution >= 0.6 is 0 Å². The van der Waals surface area contributed by atoms with Crippen LogP contribution in [0, 0.1) is 11.6 Å². The number of rotatable bonds is 5. The molecule has 1 aromatic rings. The van der Waals surface area contributed by atoms with Gasteiger partial charge in [-0.25, -0.2) is 13.6 Å². The number of urea groups is 1. The maximum atomic E-state index is 13.3. The molecule has 2 amide bonds. The summed E-state index contributed by atoms with van der Waals surface area (Å²) in [5, 5.41) is 13.2. The summed E-state index contributed by atoms with van der Waals surface area (Å²) < 4.78 is 31.1. The Balaban J connectivity index is 2.65. The molecule has 1 rings (SSSR count). The van der Waals surface area contributed by atoms with Crippen LogP contribution in [-0.2, 0) is 0 Å². The van der Waals surface area contributed by atoms with E-state index in [1.165, 1.54) is 0 Å². The first-order chi connectivity index (χ1) is 8.58. The van der Waals surface area contributed by atoms with Crippen LogP contribution in [0.5, 0.6) is 5.75 Å². The number of aliphatic hydroxyl groups is 1. The van der Waals surface area contributed by atoms with Gasteiger partial charge in [-0.15, -0.1) is 0 Å². The largest absolute Gasteiger partial charge is 0.491 e. The third-order valence-electron chi connectivity index (χ3n) is 2.08. The van der Waals surface area contributed by atoms with Gasteiger partial charge in [-0.05, 0) is 6.42 Å². The summed E-state index contributed by atoms with van der Waals surface area (Å²) in [6.45, 7) is 0.218. The van der Waals surface area contributed by atoms with Gasteiger partial charge in [0.05, 0.1) is 7.11 Å². The number of hydrogen-bond acceptors (Lipinski definition) is 3. The van der Waals surface area contributed by atoms with Crippen molar-refractivity contribution in [1.82, 2.24) is 5.32 Å². The highest BCUT2D eigenvalue weighted by molar-refractivity contribution is 5.89. The number of benzene rings is 1. The number of amides is 2. The Labute approximate surface area is 103 Å². The lowest BCUT2D eigenvalue weighted by atomic mass is 10.2. The summed E-state index contributed by atoms with van der Waals surface area (Å²) in [5.74, 6) is -2.30. The maximum absolute atomic E-state index is 13.3. The van der Waals surface area contributed by atoms with E-state index >= 15 is 0 Å². The van der Waals surface area contributed by atoms with Crippen molar-refractivity contribution in [3.05, 3.63) is 23.8 Å². The van der Waals surface area contributed by atoms with Gasteiger partial charge in [-0.2, -0.15) is 0 Å². The van der Waals surface area contributed by atoms with E-state index in [-0.39, 0.29) is 18.8 Å². The van der Waals surface area contributed by atoms with Crippen molar-refractivity contribution < 1.29 is 23.4 Å². The summed E-state index contributed by atoms with van der Waals surface area (Å²) in [7, 11) is 1.15. The first-order valence-electron chi connectivity index (χ1n) is 5.27. The highest BCUT2D eigenvalue weighted by Crippen LogP contribution is 2.25. The van der Waals surface area contributed by atoms with Crippen molar-refractivity contribution in [2.24, 2.45) is 0 Å². The molecule has 5 nitrogen and oxygen atoms in total. The molecule has 7 heteroatoms. The highest BCUT2D eigenvalue weighted by atomic mass is 19.1. The van der Waals surface area contributed by atoms with Gasteiger partial charge in [0.1, 0.15) is 0 Å². The summed E-state index contributed by atoms with van der Waals surface area (Å²) in [6, 6.07) is 1.30. The van der Waals surface area contributed by atoms with Gasteiger partial charge in [0.25, 0.3) is 0 Å². The third-order valence-corrected chi connectivity index (χ3v) is 2.08. The zero-order valence-corrected chi connectivity index (χ0v) is 9.80. The molecular weight excluding hydrogens is 246 g/mol. The quantitative estimate of drug-likeness (QED) is 0.702. The Kier molecular flexibility index (Phi) is 5.31. The molecule has 0 fully saturated rings. The van der Waals surface area contributed by atoms with E-state index in [0.717, 1.165) is 19.2 Å². The number of anilines is 1. The number of ether oxygens (including phenoxy) is 1. The van der Waals surface area contributed by atoms with Gasteiger partial charge in [0, 0.05) is 31.0 Å². The van der Waals surface area contributed by atoms with Gasteiger partial charge in [0.2, 0.25) is 0 Å². The summed E-state index contributed by atoms with van der Waals surface area (Å²) >= 11 is 0. The van der Waals surface area contributed by atoms with Crippen molar-refractivity contribution in [3.63, 3.8) is 0 Å². The Morgan fingerprint density at radius 1 is 1.39 bits per heavy atom. The van der Waals surface area contributed by atoms with E-state index in [1.807, 2.05) is 0 Å². The number of hydrogen-bond donors (Lipinski definition) is 3. The van der Waals surface area contributed by atoms with Crippen LogP contribution in [0.25, 0.3) is 0 Å². The van der Waals surface area contributed by atoms with E-state index in [9.17, 15) is 13.6 Å². The van der Waals surface area contributed by atoms with Crippen molar-refractivity contribution >= 4 is 11.7 Å². The molecule has 0 radical (unpaired) electrons. The fraction of sp³-hybridized carbons (Fsp3) is 0.364. The Hall–Kier alpha value is -1.89. The average Bonchev–Trinajstić information content (AvgIpc) is 2.29. The Morgan fingerprint density at radius 2 is 2.00 bits per heavy atom. The minimum Gasteiger partial charge on any atom is -0.491 e. The van der Waals surface area contributed by atoms with Crippen molar-refractivity contribution in [2.45, 2.75) is 6.42 Å². The number of nitrogens with one attached hydrogen (secondary N) is 2. The minimum atomic E-state index is -0.900. The molecule has 18 heavy (non-hydrogen) atoms. The molecule has 0 unspecified atom stereocenters. The number of carbonyl (C=O) groups excluding carboxylic acids is 1. The van der Waals surface area contributed by atoms with Gasteiger partial charge in [-0.1, -0.05) is 0 Å². The van der Waals surface area contributed by atoms with Crippen molar-refractivity contribution in [2.75, 3.05) is 25.6 Å². The van der Waals surface area contributed by atoms with Crippen LogP contribution < -0.4 is 15.4 Å². The predicted octanol–water partition coefficient (Wildman–Crippen LogP) is 1.48. The van der Waals surface area contributed by atoms with Gasteiger partial charge in [-0.3, -0.25) is 0 Å². The lowest BCUT2D eigenvalue weighted by molar-refractivity contribution is 0.249. The Bertz CT molecular complexity index is 404. The fourth-order valence-electron chi connectivity index (χ4n) is 1.28. The van der Waals surface area contributed by atoms with Gasteiger partial charge < -0.3 is 20.5 Å². The second-order valence-electron chi connectivity index (χ2n) is 3.43. The molecule has 0 bridgehead atoms. The zero-order valence-electron chi connectivity index (χ0n) is 9.80. The molecule has 0 spiro atoms. The second-order valence-corrected chi connectivity index (χ2v) is 3.43. The molecule has 0 saturated carbocycles. The standard InChI is InChI=1S/C11H14F2N2O3/c1-18-10-8(12)5-7(6-9(10)13)15-11(17)14-3-2-4-16/h5-6,16H,2-4H2,1H3,(H2,14,15,17). The molecule has 0 atom stereocenters. The first-order valence-corrected chi connectivity index (χ1v) is 5.27. The molecule has 0 aromatic heterocycles. The van der Waals surface area contributed by atoms with Crippen LogP contribution in [0.2, 0.25) is 0 Å². The molecule has 1 aromatic carbocycles. The normalized spacial score (nSPS) is 10.0. The van der Waals surface area contributed by atoms with Crippen LogP contribution in [0.3, 0.4) is 0 Å². The smallest absolute Gasteiger partial charge is 0.319 e. The fourth-order valence-corrected chi connectivity index (χ4v) is 1.28. The lowest BCUT2D eigenvalue weighted by Gasteiger charge is -2.09. The van der Waals surface area contributed by atoms with E-state index in [1.54, 1.807) is 0 Å². The van der Waals surface area contributed by atoms with E-state index in [4.69, 9.17) is 5.11 Å². The predicted molar refractivity (Wildman–Crippen MR) is 61.6 cm³/mol. The molecule has 0 aliphatic rings. The van der Waals surface area contributed by atoms with Crippen molar-refractivity contribution in [1.29, 1.82) is 0 Å². The first kappa shape index (κ1) is 14.2. The van der Waals surface area contributed by atoms with Crippen LogP contribution in [0.4, 0.5) is 19.3 Å². The number of methoxy groups -OCH3 is 1. The monoisotopic (exact) mass is 260 g/mol. The van der Waals surface area contributed by atoms with Gasteiger partial charge in [0.15, 0.2) is 17.4 Å². The lowest BCUT2D eigenvalue weighted by Crippen LogP contribution is -2.30. The number of aliphatic hydroxyl groups excluding tert-OH is 1. The van der Waals surface area contributed by atoms with Crippen LogP contribution in [0.1, 0.15) is 6.42 Å². The van der Waals surface area contributed by atoms with E-state index in [2.05, 4.69) is 15.4 Å². The molecule has 100 valence electrons. The SMILES string of the molecule is COc1c(F)cc(NC(=O)NCCCO)cc1F. The Morgan fingerprint density at radius 3 is 2.50 bits per heavy atom. The molecule has 0 aliphatic carbocycles. The van der Waals surface area contributed by atoms with Gasteiger partial charge >= 0.3 is 6.03 Å². The third kappa shape index (κ3) is 3.85. The molecular formula is C11H14F2N2O3. The van der Waals surface area contributed by atoms with Crippen molar-refractivity contribution in [3.8, 4) is 5.75 Å². The average molecular weight is 260 g/mol. The number of halogens is 2. The molecule has 0 saturated heterocycles. The number of carbonyl (C=O) groups is 1. The summed E-state index contributed by atoms with van der Waals surface area (Å²) in [5.41, 5.74) is -0.0210. The summed E-state index contributed by atoms with van der Waals surface area (Å²) in [6.07, 6.45) is 0.402. The maximum Gasteiger partial charge on any atom is 0.319 e. The van der Waals surface area contributed by atoms with E-state index in [0.29, 0.717) is 6.42 Å². The molecule has 0 aliphatic heterocycles. The van der Waals surface area contributed by atoms with Crippen LogP contribution in [0.15, 0.2) is 12.1 Å².